The van der Waals surface area contributed by atoms with Crippen LogP contribution in [0, 0.1) is 5.92 Å². The molecule has 0 aliphatic heterocycles. The highest BCUT2D eigenvalue weighted by molar-refractivity contribution is 6.03. The first-order chi connectivity index (χ1) is 9.24. The van der Waals surface area contributed by atoms with E-state index >= 15 is 0 Å². The van der Waals surface area contributed by atoms with Crippen LogP contribution in [-0.2, 0) is 4.74 Å². The molecule has 4 nitrogen and oxygen atoms in total. The molecule has 0 atom stereocenters. The van der Waals surface area contributed by atoms with Crippen LogP contribution in [0.1, 0.15) is 23.2 Å². The van der Waals surface area contributed by atoms with Crippen molar-refractivity contribution in [2.75, 3.05) is 20.3 Å². The van der Waals surface area contributed by atoms with Crippen LogP contribution in [-0.4, -0.2) is 31.2 Å². The smallest absolute Gasteiger partial charge is 0.343 e. The number of para-hydroxylation sites is 1. The minimum Gasteiger partial charge on any atom is -0.463 e. The van der Waals surface area contributed by atoms with Crippen LogP contribution in [0.25, 0.3) is 11.0 Å². The van der Waals surface area contributed by atoms with Gasteiger partial charge in [0.1, 0.15) is 24.1 Å². The Hall–Kier alpha value is -1.81. The lowest BCUT2D eigenvalue weighted by molar-refractivity contribution is 0.0266. The highest BCUT2D eigenvalue weighted by atomic mass is 16.5. The van der Waals surface area contributed by atoms with Gasteiger partial charge in [0.05, 0.1) is 0 Å². The first-order valence-corrected chi connectivity index (χ1v) is 6.56. The van der Waals surface area contributed by atoms with Gasteiger partial charge in [-0.3, -0.25) is 4.90 Å². The summed E-state index contributed by atoms with van der Waals surface area (Å²) in [7, 11) is 1.97. The van der Waals surface area contributed by atoms with Crippen molar-refractivity contribution in [3.8, 4) is 0 Å². The van der Waals surface area contributed by atoms with E-state index in [9.17, 15) is 4.79 Å². The van der Waals surface area contributed by atoms with Gasteiger partial charge in [-0.05, 0) is 31.9 Å². The lowest BCUT2D eigenvalue weighted by Gasteiger charge is -2.15. The molecule has 100 valence electrons. The van der Waals surface area contributed by atoms with E-state index in [1.807, 2.05) is 36.2 Å². The SMILES string of the molecule is CN(COC(=O)c1coc2ccccc12)CC1CC1. The highest BCUT2D eigenvalue weighted by Gasteiger charge is 2.23. The van der Waals surface area contributed by atoms with E-state index in [4.69, 9.17) is 9.15 Å². The number of esters is 1. The van der Waals surface area contributed by atoms with Crippen LogP contribution in [0.15, 0.2) is 34.9 Å². The zero-order valence-corrected chi connectivity index (χ0v) is 11.0. The standard InChI is InChI=1S/C15H17NO3/c1-16(8-11-6-7-11)10-19-15(17)13-9-18-14-5-3-2-4-12(13)14/h2-5,9,11H,6-8,10H2,1H3. The Morgan fingerprint density at radius 3 is 3.00 bits per heavy atom. The van der Waals surface area contributed by atoms with E-state index < -0.39 is 0 Å². The van der Waals surface area contributed by atoms with E-state index in [1.165, 1.54) is 19.1 Å². The number of nitrogens with zero attached hydrogens (tertiary/aromatic N) is 1. The van der Waals surface area contributed by atoms with E-state index in [1.54, 1.807) is 0 Å². The third-order valence-corrected chi connectivity index (χ3v) is 3.38. The molecule has 1 aromatic carbocycles. The maximum absolute atomic E-state index is 12.0. The summed E-state index contributed by atoms with van der Waals surface area (Å²) in [6.45, 7) is 1.33. The Kier molecular flexibility index (Phi) is 3.25. The monoisotopic (exact) mass is 259 g/mol. The normalized spacial score (nSPS) is 15.1. The fourth-order valence-corrected chi connectivity index (χ4v) is 2.18. The van der Waals surface area contributed by atoms with Crippen LogP contribution in [0.5, 0.6) is 0 Å². The Morgan fingerprint density at radius 2 is 2.21 bits per heavy atom. The second-order valence-corrected chi connectivity index (χ2v) is 5.19. The van der Waals surface area contributed by atoms with E-state index in [0.717, 1.165) is 17.8 Å². The molecule has 1 aromatic heterocycles. The van der Waals surface area contributed by atoms with Gasteiger partial charge in [0.15, 0.2) is 0 Å². The summed E-state index contributed by atoms with van der Waals surface area (Å²) < 4.78 is 10.6. The molecule has 0 N–H and O–H groups in total. The highest BCUT2D eigenvalue weighted by Crippen LogP contribution is 2.29. The summed E-state index contributed by atoms with van der Waals surface area (Å²) in [4.78, 5) is 14.1. The lowest BCUT2D eigenvalue weighted by atomic mass is 10.2. The Balaban J connectivity index is 1.63. The molecule has 1 heterocycles. The van der Waals surface area contributed by atoms with E-state index in [-0.39, 0.29) is 5.97 Å². The van der Waals surface area contributed by atoms with Gasteiger partial charge in [-0.2, -0.15) is 0 Å². The number of furan rings is 1. The van der Waals surface area contributed by atoms with Crippen molar-refractivity contribution in [3.63, 3.8) is 0 Å². The van der Waals surface area contributed by atoms with Gasteiger partial charge < -0.3 is 9.15 Å². The molecule has 0 spiro atoms. The van der Waals surface area contributed by atoms with Crippen LogP contribution in [0.3, 0.4) is 0 Å². The van der Waals surface area contributed by atoms with Gasteiger partial charge in [0.2, 0.25) is 0 Å². The van der Waals surface area contributed by atoms with Crippen molar-refractivity contribution in [3.05, 3.63) is 36.1 Å². The Bertz CT molecular complexity index is 586. The van der Waals surface area contributed by atoms with Crippen molar-refractivity contribution >= 4 is 16.9 Å². The second-order valence-electron chi connectivity index (χ2n) is 5.19. The third-order valence-electron chi connectivity index (χ3n) is 3.38. The number of fused-ring (bicyclic) bond motifs is 1. The Labute approximate surface area is 111 Å². The first kappa shape index (κ1) is 12.2. The maximum atomic E-state index is 12.0. The summed E-state index contributed by atoms with van der Waals surface area (Å²) in [6, 6.07) is 7.47. The molecule has 1 saturated carbocycles. The number of carbonyl (C=O) groups is 1. The molecular weight excluding hydrogens is 242 g/mol. The molecule has 3 rings (SSSR count). The van der Waals surface area contributed by atoms with Gasteiger partial charge in [0, 0.05) is 11.9 Å². The molecule has 1 aliphatic carbocycles. The number of carbonyl (C=O) groups excluding carboxylic acids is 1. The maximum Gasteiger partial charge on any atom is 0.343 e. The van der Waals surface area contributed by atoms with Gasteiger partial charge in [-0.25, -0.2) is 4.79 Å². The minimum atomic E-state index is -0.326. The number of ether oxygens (including phenoxy) is 1. The molecule has 0 radical (unpaired) electrons. The van der Waals surface area contributed by atoms with Crippen molar-refractivity contribution < 1.29 is 13.9 Å². The summed E-state index contributed by atoms with van der Waals surface area (Å²) in [6.07, 6.45) is 4.06. The molecule has 0 saturated heterocycles. The van der Waals surface area contributed by atoms with Crippen molar-refractivity contribution in [2.45, 2.75) is 12.8 Å². The quantitative estimate of drug-likeness (QED) is 0.611. The van der Waals surface area contributed by atoms with E-state index in [0.29, 0.717) is 17.9 Å². The lowest BCUT2D eigenvalue weighted by Crippen LogP contribution is -2.25. The number of benzene rings is 1. The van der Waals surface area contributed by atoms with Crippen LogP contribution in [0.2, 0.25) is 0 Å². The fourth-order valence-electron chi connectivity index (χ4n) is 2.18. The fraction of sp³-hybridized carbons (Fsp3) is 0.400. The van der Waals surface area contributed by atoms with Gasteiger partial charge in [-0.15, -0.1) is 0 Å². The number of hydrogen-bond donors (Lipinski definition) is 0. The zero-order chi connectivity index (χ0) is 13.2. The minimum absolute atomic E-state index is 0.326. The van der Waals surface area contributed by atoms with Gasteiger partial charge in [-0.1, -0.05) is 18.2 Å². The Morgan fingerprint density at radius 1 is 1.42 bits per heavy atom. The molecule has 0 bridgehead atoms. The molecule has 2 aromatic rings. The summed E-state index contributed by atoms with van der Waals surface area (Å²) >= 11 is 0. The molecule has 0 amide bonds. The summed E-state index contributed by atoms with van der Waals surface area (Å²) in [5.41, 5.74) is 1.20. The molecule has 0 unspecified atom stereocenters. The molecule has 19 heavy (non-hydrogen) atoms. The average Bonchev–Trinajstić information content (AvgIpc) is 3.12. The van der Waals surface area contributed by atoms with Crippen LogP contribution >= 0.6 is 0 Å². The number of hydrogen-bond acceptors (Lipinski definition) is 4. The van der Waals surface area contributed by atoms with E-state index in [2.05, 4.69) is 0 Å². The largest absolute Gasteiger partial charge is 0.463 e. The predicted octanol–water partition coefficient (Wildman–Crippen LogP) is 2.89. The number of rotatable bonds is 5. The third kappa shape index (κ3) is 2.79. The van der Waals surface area contributed by atoms with Crippen molar-refractivity contribution in [1.29, 1.82) is 0 Å². The predicted molar refractivity (Wildman–Crippen MR) is 71.9 cm³/mol. The van der Waals surface area contributed by atoms with Gasteiger partial charge in [0.25, 0.3) is 0 Å². The molecule has 1 fully saturated rings. The summed E-state index contributed by atoms with van der Waals surface area (Å²) in [5, 5.41) is 0.803. The second kappa shape index (κ2) is 5.05. The summed E-state index contributed by atoms with van der Waals surface area (Å²) in [5.74, 6) is 0.464. The first-order valence-electron chi connectivity index (χ1n) is 6.56. The van der Waals surface area contributed by atoms with Crippen molar-refractivity contribution in [1.82, 2.24) is 4.90 Å². The zero-order valence-electron chi connectivity index (χ0n) is 11.0. The average molecular weight is 259 g/mol. The van der Waals surface area contributed by atoms with Crippen LogP contribution in [0.4, 0.5) is 0 Å². The molecular formula is C15H17NO3. The van der Waals surface area contributed by atoms with Gasteiger partial charge >= 0.3 is 5.97 Å². The molecule has 1 aliphatic rings. The molecule has 4 heteroatoms. The van der Waals surface area contributed by atoms with Crippen LogP contribution < -0.4 is 0 Å². The van der Waals surface area contributed by atoms with Crippen molar-refractivity contribution in [2.24, 2.45) is 5.92 Å². The topological polar surface area (TPSA) is 42.7 Å².